The van der Waals surface area contributed by atoms with Gasteiger partial charge < -0.3 is 20.1 Å². The Morgan fingerprint density at radius 3 is 2.68 bits per heavy atom. The van der Waals surface area contributed by atoms with Gasteiger partial charge in [-0.15, -0.1) is 0 Å². The second kappa shape index (κ2) is 5.77. The topological polar surface area (TPSA) is 78.9 Å². The Labute approximate surface area is 113 Å². The number of nitrogens with one attached hydrogen (secondary N) is 1. The van der Waals surface area contributed by atoms with E-state index in [0.29, 0.717) is 25.5 Å². The molecular weight excluding hydrogens is 248 g/mol. The first-order valence-electron chi connectivity index (χ1n) is 6.88. The summed E-state index contributed by atoms with van der Waals surface area (Å²) in [6.45, 7) is 5.74. The van der Waals surface area contributed by atoms with E-state index in [0.717, 1.165) is 13.0 Å². The molecule has 0 spiro atoms. The normalized spacial score (nSPS) is 32.3. The molecule has 6 nitrogen and oxygen atoms in total. The quantitative estimate of drug-likeness (QED) is 0.799. The zero-order valence-corrected chi connectivity index (χ0v) is 11.5. The molecule has 0 aromatic carbocycles. The zero-order valence-electron chi connectivity index (χ0n) is 11.5. The van der Waals surface area contributed by atoms with E-state index in [1.807, 2.05) is 6.92 Å². The molecule has 0 saturated carbocycles. The van der Waals surface area contributed by atoms with Crippen molar-refractivity contribution in [2.45, 2.75) is 38.8 Å². The molecule has 6 heteroatoms. The van der Waals surface area contributed by atoms with E-state index in [2.05, 4.69) is 5.32 Å². The summed E-state index contributed by atoms with van der Waals surface area (Å²) in [5.74, 6) is -0.909. The SMILES string of the molecule is CC(NC(=O)N1CCC(C(=O)O)C1C)C1CCOC1. The highest BCUT2D eigenvalue weighted by Crippen LogP contribution is 2.25. The van der Waals surface area contributed by atoms with Crippen molar-refractivity contribution in [2.24, 2.45) is 11.8 Å². The van der Waals surface area contributed by atoms with Crippen molar-refractivity contribution in [3.05, 3.63) is 0 Å². The summed E-state index contributed by atoms with van der Waals surface area (Å²) < 4.78 is 5.31. The maximum Gasteiger partial charge on any atom is 0.317 e. The van der Waals surface area contributed by atoms with Gasteiger partial charge in [0.25, 0.3) is 0 Å². The fraction of sp³-hybridized carbons (Fsp3) is 0.846. The molecule has 2 saturated heterocycles. The average Bonchev–Trinajstić information content (AvgIpc) is 2.96. The van der Waals surface area contributed by atoms with Crippen molar-refractivity contribution in [3.63, 3.8) is 0 Å². The van der Waals surface area contributed by atoms with Crippen molar-refractivity contribution < 1.29 is 19.4 Å². The lowest BCUT2D eigenvalue weighted by molar-refractivity contribution is -0.142. The van der Waals surface area contributed by atoms with Crippen LogP contribution in [0.4, 0.5) is 4.79 Å². The minimum absolute atomic E-state index is 0.0612. The van der Waals surface area contributed by atoms with Gasteiger partial charge in [0.05, 0.1) is 12.5 Å². The number of amides is 2. The number of rotatable bonds is 3. The molecule has 4 unspecified atom stereocenters. The highest BCUT2D eigenvalue weighted by atomic mass is 16.5. The molecule has 4 atom stereocenters. The van der Waals surface area contributed by atoms with Crippen molar-refractivity contribution in [2.75, 3.05) is 19.8 Å². The summed E-state index contributed by atoms with van der Waals surface area (Å²) in [4.78, 5) is 24.8. The lowest BCUT2D eigenvalue weighted by Gasteiger charge is -2.27. The van der Waals surface area contributed by atoms with Crippen molar-refractivity contribution in [1.82, 2.24) is 10.2 Å². The first kappa shape index (κ1) is 14.1. The number of hydrogen-bond acceptors (Lipinski definition) is 3. The van der Waals surface area contributed by atoms with Crippen LogP contribution in [0.5, 0.6) is 0 Å². The fourth-order valence-electron chi connectivity index (χ4n) is 2.90. The van der Waals surface area contributed by atoms with Crippen LogP contribution in [0.2, 0.25) is 0 Å². The lowest BCUT2D eigenvalue weighted by Crippen LogP contribution is -2.48. The monoisotopic (exact) mass is 270 g/mol. The third-order valence-corrected chi connectivity index (χ3v) is 4.36. The van der Waals surface area contributed by atoms with Crippen LogP contribution >= 0.6 is 0 Å². The van der Waals surface area contributed by atoms with E-state index in [9.17, 15) is 9.59 Å². The van der Waals surface area contributed by atoms with Crippen molar-refractivity contribution >= 4 is 12.0 Å². The van der Waals surface area contributed by atoms with Gasteiger partial charge in [0.1, 0.15) is 0 Å². The maximum atomic E-state index is 12.2. The Morgan fingerprint density at radius 2 is 2.16 bits per heavy atom. The van der Waals surface area contributed by atoms with Gasteiger partial charge in [-0.25, -0.2) is 4.79 Å². The molecule has 2 aliphatic rings. The van der Waals surface area contributed by atoms with Gasteiger partial charge in [-0.05, 0) is 26.7 Å². The standard InChI is InChI=1S/C13H22N2O4/c1-8(10-4-6-19-7-10)14-13(18)15-5-3-11(9(15)2)12(16)17/h8-11H,3-7H2,1-2H3,(H,14,18)(H,16,17). The Hall–Kier alpha value is -1.30. The number of carboxylic acids is 1. The number of carbonyl (C=O) groups excluding carboxylic acids is 1. The van der Waals surface area contributed by atoms with Gasteiger partial charge in [-0.2, -0.15) is 0 Å². The number of likely N-dealkylation sites (tertiary alicyclic amines) is 1. The maximum absolute atomic E-state index is 12.2. The Balaban J connectivity index is 1.88. The van der Waals surface area contributed by atoms with E-state index >= 15 is 0 Å². The number of urea groups is 1. The first-order valence-corrected chi connectivity index (χ1v) is 6.88. The average molecular weight is 270 g/mol. The number of nitrogens with zero attached hydrogens (tertiary/aromatic N) is 1. The lowest BCUT2D eigenvalue weighted by atomic mass is 10.0. The second-order valence-electron chi connectivity index (χ2n) is 5.53. The summed E-state index contributed by atoms with van der Waals surface area (Å²) in [5.41, 5.74) is 0. The zero-order chi connectivity index (χ0) is 14.0. The van der Waals surface area contributed by atoms with Crippen LogP contribution in [0.3, 0.4) is 0 Å². The van der Waals surface area contributed by atoms with Gasteiger partial charge in [0, 0.05) is 31.2 Å². The molecule has 0 aromatic heterocycles. The number of hydrogen-bond donors (Lipinski definition) is 2. The molecule has 0 bridgehead atoms. The minimum Gasteiger partial charge on any atom is -0.481 e. The molecule has 2 amide bonds. The first-order chi connectivity index (χ1) is 9.00. The summed E-state index contributed by atoms with van der Waals surface area (Å²) in [6.07, 6.45) is 1.50. The van der Waals surface area contributed by atoms with Crippen molar-refractivity contribution in [1.29, 1.82) is 0 Å². The molecule has 2 heterocycles. The van der Waals surface area contributed by atoms with Gasteiger partial charge in [-0.3, -0.25) is 4.79 Å². The van der Waals surface area contributed by atoms with Gasteiger partial charge in [0.15, 0.2) is 0 Å². The number of aliphatic carboxylic acids is 1. The molecule has 2 rings (SSSR count). The number of carboxylic acid groups (broad SMARTS) is 1. The molecule has 108 valence electrons. The van der Waals surface area contributed by atoms with Crippen LogP contribution in [0.25, 0.3) is 0 Å². The molecular formula is C13H22N2O4. The molecule has 2 aliphatic heterocycles. The molecule has 0 aromatic rings. The summed E-state index contributed by atoms with van der Waals surface area (Å²) in [6, 6.07) is -0.341. The smallest absolute Gasteiger partial charge is 0.317 e. The Morgan fingerprint density at radius 1 is 1.42 bits per heavy atom. The van der Waals surface area contributed by atoms with E-state index in [1.165, 1.54) is 0 Å². The van der Waals surface area contributed by atoms with Crippen LogP contribution in [-0.4, -0.2) is 53.8 Å². The summed E-state index contributed by atoms with van der Waals surface area (Å²) in [5, 5.41) is 12.0. The van der Waals surface area contributed by atoms with Crippen LogP contribution < -0.4 is 5.32 Å². The third kappa shape index (κ3) is 3.00. The van der Waals surface area contributed by atoms with E-state index in [4.69, 9.17) is 9.84 Å². The molecule has 19 heavy (non-hydrogen) atoms. The highest BCUT2D eigenvalue weighted by Gasteiger charge is 2.38. The van der Waals surface area contributed by atoms with E-state index < -0.39 is 11.9 Å². The van der Waals surface area contributed by atoms with Crippen molar-refractivity contribution in [3.8, 4) is 0 Å². The van der Waals surface area contributed by atoms with Crippen LogP contribution in [0, 0.1) is 11.8 Å². The van der Waals surface area contributed by atoms with Gasteiger partial charge in [0.2, 0.25) is 0 Å². The summed E-state index contributed by atoms with van der Waals surface area (Å²) >= 11 is 0. The molecule has 0 radical (unpaired) electrons. The van der Waals surface area contributed by atoms with Crippen LogP contribution in [0.15, 0.2) is 0 Å². The molecule has 2 fully saturated rings. The van der Waals surface area contributed by atoms with Gasteiger partial charge in [-0.1, -0.05) is 0 Å². The summed E-state index contributed by atoms with van der Waals surface area (Å²) in [7, 11) is 0. The second-order valence-corrected chi connectivity index (χ2v) is 5.53. The number of ether oxygens (including phenoxy) is 1. The predicted octanol–water partition coefficient (Wildman–Crippen LogP) is 0.916. The minimum atomic E-state index is -0.819. The van der Waals surface area contributed by atoms with Crippen LogP contribution in [-0.2, 0) is 9.53 Å². The Bertz CT molecular complexity index is 355. The highest BCUT2D eigenvalue weighted by molar-refractivity contribution is 5.78. The van der Waals surface area contributed by atoms with Crippen LogP contribution in [0.1, 0.15) is 26.7 Å². The predicted molar refractivity (Wildman–Crippen MR) is 68.8 cm³/mol. The van der Waals surface area contributed by atoms with Gasteiger partial charge >= 0.3 is 12.0 Å². The molecule has 0 aliphatic carbocycles. The third-order valence-electron chi connectivity index (χ3n) is 4.36. The number of carbonyl (C=O) groups is 2. The Kier molecular flexibility index (Phi) is 4.29. The van der Waals surface area contributed by atoms with E-state index in [-0.39, 0.29) is 18.1 Å². The fourth-order valence-corrected chi connectivity index (χ4v) is 2.90. The van der Waals surface area contributed by atoms with E-state index in [1.54, 1.807) is 11.8 Å². The largest absolute Gasteiger partial charge is 0.481 e. The molecule has 2 N–H and O–H groups in total.